The van der Waals surface area contributed by atoms with Crippen LogP contribution in [0.2, 0.25) is 0 Å². The SMILES string of the molecule is CCCCCNC(=O)c1coc(CSc2nc3c(C)cccc3o2)n1. The lowest BCUT2D eigenvalue weighted by molar-refractivity contribution is 0.0948. The first-order chi connectivity index (χ1) is 12.2. The number of benzene rings is 1. The zero-order valence-corrected chi connectivity index (χ0v) is 15.2. The molecular formula is C18H21N3O3S. The third kappa shape index (κ3) is 4.42. The minimum absolute atomic E-state index is 0.200. The number of aryl methyl sites for hydroxylation is 1. The van der Waals surface area contributed by atoms with Gasteiger partial charge in [0.25, 0.3) is 11.1 Å². The lowest BCUT2D eigenvalue weighted by atomic mass is 10.2. The second kappa shape index (κ2) is 8.20. The van der Waals surface area contributed by atoms with E-state index in [0.29, 0.717) is 29.1 Å². The number of carbonyl (C=O) groups is 1. The summed E-state index contributed by atoms with van der Waals surface area (Å²) in [5.41, 5.74) is 3.01. The number of nitrogens with zero attached hydrogens (tertiary/aromatic N) is 2. The summed E-state index contributed by atoms with van der Waals surface area (Å²) in [6.07, 6.45) is 4.59. The molecule has 0 bridgehead atoms. The van der Waals surface area contributed by atoms with Gasteiger partial charge in [-0.1, -0.05) is 43.7 Å². The number of amides is 1. The number of oxazole rings is 2. The summed E-state index contributed by atoms with van der Waals surface area (Å²) in [4.78, 5) is 20.7. The van der Waals surface area contributed by atoms with Crippen LogP contribution in [-0.4, -0.2) is 22.4 Å². The number of nitrogens with one attached hydrogen (secondary N) is 1. The highest BCUT2D eigenvalue weighted by atomic mass is 32.2. The van der Waals surface area contributed by atoms with Crippen LogP contribution in [-0.2, 0) is 5.75 Å². The Balaban J connectivity index is 1.55. The lowest BCUT2D eigenvalue weighted by Gasteiger charge is -2.00. The Labute approximate surface area is 150 Å². The Kier molecular flexibility index (Phi) is 5.75. The molecule has 0 saturated heterocycles. The molecule has 0 aliphatic rings. The summed E-state index contributed by atoms with van der Waals surface area (Å²) in [6, 6.07) is 5.83. The molecule has 3 rings (SSSR count). The van der Waals surface area contributed by atoms with Gasteiger partial charge in [0.1, 0.15) is 11.8 Å². The van der Waals surface area contributed by atoms with Crippen molar-refractivity contribution in [3.63, 3.8) is 0 Å². The highest BCUT2D eigenvalue weighted by Gasteiger charge is 2.14. The number of unbranched alkanes of at least 4 members (excludes halogenated alkanes) is 2. The topological polar surface area (TPSA) is 81.2 Å². The predicted octanol–water partition coefficient (Wildman–Crippen LogP) is 4.34. The maximum absolute atomic E-state index is 12.0. The summed E-state index contributed by atoms with van der Waals surface area (Å²) in [6.45, 7) is 4.78. The molecule has 0 atom stereocenters. The average Bonchev–Trinajstić information content (AvgIpc) is 3.24. The summed E-state index contributed by atoms with van der Waals surface area (Å²) in [5, 5.41) is 3.41. The smallest absolute Gasteiger partial charge is 0.273 e. The molecule has 0 unspecified atom stereocenters. The van der Waals surface area contributed by atoms with Crippen LogP contribution >= 0.6 is 11.8 Å². The number of para-hydroxylation sites is 1. The highest BCUT2D eigenvalue weighted by Crippen LogP contribution is 2.27. The van der Waals surface area contributed by atoms with Crippen molar-refractivity contribution >= 4 is 28.8 Å². The van der Waals surface area contributed by atoms with E-state index in [4.69, 9.17) is 8.83 Å². The van der Waals surface area contributed by atoms with Crippen LogP contribution in [0, 0.1) is 6.92 Å². The Morgan fingerprint density at radius 3 is 2.96 bits per heavy atom. The first-order valence-corrected chi connectivity index (χ1v) is 9.37. The number of hydrogen-bond donors (Lipinski definition) is 1. The summed E-state index contributed by atoms with van der Waals surface area (Å²) in [5.74, 6) is 0.728. The van der Waals surface area contributed by atoms with E-state index in [-0.39, 0.29) is 5.91 Å². The van der Waals surface area contributed by atoms with E-state index in [1.165, 1.54) is 18.0 Å². The maximum atomic E-state index is 12.0. The fraction of sp³-hybridized carbons (Fsp3) is 0.389. The molecule has 1 aromatic carbocycles. The molecule has 0 saturated carbocycles. The monoisotopic (exact) mass is 359 g/mol. The van der Waals surface area contributed by atoms with Gasteiger partial charge in [0.15, 0.2) is 11.3 Å². The normalized spacial score (nSPS) is 11.1. The largest absolute Gasteiger partial charge is 0.447 e. The van der Waals surface area contributed by atoms with Gasteiger partial charge in [-0.2, -0.15) is 0 Å². The fourth-order valence-corrected chi connectivity index (χ4v) is 3.08. The van der Waals surface area contributed by atoms with Gasteiger partial charge < -0.3 is 14.2 Å². The van der Waals surface area contributed by atoms with Crippen LogP contribution in [0.5, 0.6) is 0 Å². The molecule has 25 heavy (non-hydrogen) atoms. The first kappa shape index (κ1) is 17.5. The van der Waals surface area contributed by atoms with E-state index in [2.05, 4.69) is 22.2 Å². The van der Waals surface area contributed by atoms with Gasteiger partial charge in [-0.25, -0.2) is 9.97 Å². The third-order valence-electron chi connectivity index (χ3n) is 3.77. The molecule has 0 fully saturated rings. The molecule has 0 aliphatic heterocycles. The Morgan fingerprint density at radius 1 is 1.28 bits per heavy atom. The van der Waals surface area contributed by atoms with E-state index in [9.17, 15) is 4.79 Å². The molecule has 3 aromatic rings. The van der Waals surface area contributed by atoms with Crippen LogP contribution < -0.4 is 5.32 Å². The van der Waals surface area contributed by atoms with Crippen LogP contribution in [0.4, 0.5) is 0 Å². The van der Waals surface area contributed by atoms with Crippen molar-refractivity contribution < 1.29 is 13.6 Å². The van der Waals surface area contributed by atoms with E-state index in [1.54, 1.807) is 0 Å². The van der Waals surface area contributed by atoms with Crippen molar-refractivity contribution in [2.75, 3.05) is 6.54 Å². The first-order valence-electron chi connectivity index (χ1n) is 8.39. The number of carbonyl (C=O) groups excluding carboxylic acids is 1. The second-order valence-corrected chi connectivity index (χ2v) is 6.71. The second-order valence-electron chi connectivity index (χ2n) is 5.78. The van der Waals surface area contributed by atoms with Crippen molar-refractivity contribution in [3.8, 4) is 0 Å². The van der Waals surface area contributed by atoms with Gasteiger partial charge >= 0.3 is 0 Å². The number of rotatable bonds is 8. The van der Waals surface area contributed by atoms with Crippen LogP contribution in [0.3, 0.4) is 0 Å². The molecule has 1 amide bonds. The van der Waals surface area contributed by atoms with Gasteiger partial charge in [-0.3, -0.25) is 4.79 Å². The number of hydrogen-bond acceptors (Lipinski definition) is 6. The van der Waals surface area contributed by atoms with E-state index >= 15 is 0 Å². The molecule has 0 aliphatic carbocycles. The minimum atomic E-state index is -0.200. The van der Waals surface area contributed by atoms with Crippen LogP contribution in [0.15, 0.2) is 38.5 Å². The zero-order valence-electron chi connectivity index (χ0n) is 14.4. The molecule has 2 heterocycles. The molecule has 0 radical (unpaired) electrons. The molecule has 7 heteroatoms. The minimum Gasteiger partial charge on any atom is -0.447 e. The maximum Gasteiger partial charge on any atom is 0.273 e. The Bertz CT molecular complexity index is 856. The van der Waals surface area contributed by atoms with Gasteiger partial charge in [0.05, 0.1) is 5.75 Å². The number of fused-ring (bicyclic) bond motifs is 1. The van der Waals surface area contributed by atoms with E-state index in [1.807, 2.05) is 25.1 Å². The van der Waals surface area contributed by atoms with Crippen LogP contribution in [0.1, 0.15) is 48.1 Å². The molecule has 6 nitrogen and oxygen atoms in total. The standard InChI is InChI=1S/C18H21N3O3S/c1-3-4-5-9-19-17(22)13-10-23-15(20-13)11-25-18-21-16-12(2)7-6-8-14(16)24-18/h6-8,10H,3-5,9,11H2,1-2H3,(H,19,22). The zero-order chi connectivity index (χ0) is 17.6. The number of thioether (sulfide) groups is 1. The third-order valence-corrected chi connectivity index (χ3v) is 4.58. The predicted molar refractivity (Wildman–Crippen MR) is 96.7 cm³/mol. The van der Waals surface area contributed by atoms with Gasteiger partial charge in [-0.15, -0.1) is 0 Å². The average molecular weight is 359 g/mol. The van der Waals surface area contributed by atoms with Crippen molar-refractivity contribution in [2.24, 2.45) is 0 Å². The van der Waals surface area contributed by atoms with Crippen molar-refractivity contribution in [1.82, 2.24) is 15.3 Å². The molecule has 2 aromatic heterocycles. The van der Waals surface area contributed by atoms with E-state index < -0.39 is 0 Å². The molecular weight excluding hydrogens is 338 g/mol. The Hall–Kier alpha value is -2.28. The molecule has 132 valence electrons. The van der Waals surface area contributed by atoms with Crippen molar-refractivity contribution in [1.29, 1.82) is 0 Å². The van der Waals surface area contributed by atoms with Gasteiger partial charge in [0, 0.05) is 6.54 Å². The molecule has 0 spiro atoms. The number of aromatic nitrogens is 2. The summed E-state index contributed by atoms with van der Waals surface area (Å²) >= 11 is 1.39. The van der Waals surface area contributed by atoms with Gasteiger partial charge in [-0.05, 0) is 25.0 Å². The highest BCUT2D eigenvalue weighted by molar-refractivity contribution is 7.98. The fourth-order valence-electron chi connectivity index (χ4n) is 2.40. The summed E-state index contributed by atoms with van der Waals surface area (Å²) < 4.78 is 11.1. The summed E-state index contributed by atoms with van der Waals surface area (Å²) in [7, 11) is 0. The van der Waals surface area contributed by atoms with Gasteiger partial charge in [0.2, 0.25) is 5.89 Å². The van der Waals surface area contributed by atoms with Crippen LogP contribution in [0.25, 0.3) is 11.1 Å². The molecule has 1 N–H and O–H groups in total. The van der Waals surface area contributed by atoms with Crippen molar-refractivity contribution in [2.45, 2.75) is 44.1 Å². The lowest BCUT2D eigenvalue weighted by Crippen LogP contribution is -2.24. The van der Waals surface area contributed by atoms with Crippen molar-refractivity contribution in [3.05, 3.63) is 41.6 Å². The quantitative estimate of drug-likeness (QED) is 0.476. The Morgan fingerprint density at radius 2 is 2.16 bits per heavy atom. The van der Waals surface area contributed by atoms with E-state index in [0.717, 1.165) is 35.9 Å².